The van der Waals surface area contributed by atoms with Crippen LogP contribution in [0.15, 0.2) is 17.5 Å². The molecule has 0 aliphatic rings. The number of hydrogen-bond donors (Lipinski definition) is 0. The molecule has 0 amide bonds. The first kappa shape index (κ1) is 10.9. The Morgan fingerprint density at radius 3 is 2.53 bits per heavy atom. The zero-order valence-corrected chi connectivity index (χ0v) is 10.7. The number of thiophene rings is 2. The molecule has 2 heterocycles. The Morgan fingerprint density at radius 2 is 2.07 bits per heavy atom. The van der Waals surface area contributed by atoms with Crippen LogP contribution in [0.2, 0.25) is 4.34 Å². The fraction of sp³-hybridized carbons (Fsp3) is 0.182. The molecule has 0 aliphatic carbocycles. The first-order chi connectivity index (χ1) is 7.09. The second-order valence-electron chi connectivity index (χ2n) is 3.33. The van der Waals surface area contributed by atoms with Crippen LogP contribution in [0.25, 0.3) is 0 Å². The number of ketones is 1. The van der Waals surface area contributed by atoms with Crippen molar-refractivity contribution in [3.05, 3.63) is 42.7 Å². The summed E-state index contributed by atoms with van der Waals surface area (Å²) in [6.45, 7) is 3.86. The van der Waals surface area contributed by atoms with Crippen LogP contribution >= 0.6 is 34.3 Å². The standard InChI is InChI=1S/C11H9ClOS2/c1-6-3-4-14-10(6)9(13)8-5-7(2)11(12)15-8/h3-5H,1-2H3. The van der Waals surface area contributed by atoms with Crippen molar-refractivity contribution < 1.29 is 4.79 Å². The molecule has 0 saturated carbocycles. The minimum absolute atomic E-state index is 0.0856. The molecule has 0 unspecified atom stereocenters. The van der Waals surface area contributed by atoms with E-state index >= 15 is 0 Å². The predicted octanol–water partition coefficient (Wildman–Crippen LogP) is 4.31. The summed E-state index contributed by atoms with van der Waals surface area (Å²) in [5.41, 5.74) is 2.01. The average molecular weight is 257 g/mol. The van der Waals surface area contributed by atoms with Crippen molar-refractivity contribution in [1.82, 2.24) is 0 Å². The van der Waals surface area contributed by atoms with Crippen molar-refractivity contribution in [2.75, 3.05) is 0 Å². The summed E-state index contributed by atoms with van der Waals surface area (Å²) in [5.74, 6) is 0.0856. The first-order valence-corrected chi connectivity index (χ1v) is 6.51. The van der Waals surface area contributed by atoms with Gasteiger partial charge in [0, 0.05) is 0 Å². The molecular weight excluding hydrogens is 248 g/mol. The van der Waals surface area contributed by atoms with Crippen LogP contribution in [0.3, 0.4) is 0 Å². The maximum Gasteiger partial charge on any atom is 0.213 e. The molecule has 0 spiro atoms. The lowest BCUT2D eigenvalue weighted by Gasteiger charge is -1.94. The smallest absolute Gasteiger partial charge is 0.213 e. The van der Waals surface area contributed by atoms with E-state index in [4.69, 9.17) is 11.6 Å². The highest BCUT2D eigenvalue weighted by molar-refractivity contribution is 7.19. The zero-order chi connectivity index (χ0) is 11.0. The third-order valence-electron chi connectivity index (χ3n) is 2.15. The number of halogens is 1. The highest BCUT2D eigenvalue weighted by atomic mass is 35.5. The fourth-order valence-corrected chi connectivity index (χ4v) is 3.38. The molecule has 2 aromatic heterocycles. The quantitative estimate of drug-likeness (QED) is 0.732. The Bertz CT molecular complexity index is 491. The van der Waals surface area contributed by atoms with Gasteiger partial charge in [0.2, 0.25) is 5.78 Å². The normalized spacial score (nSPS) is 10.6. The SMILES string of the molecule is Cc1cc(C(=O)c2sccc2C)sc1Cl. The fourth-order valence-electron chi connectivity index (χ4n) is 1.29. The molecule has 2 aromatic rings. The monoisotopic (exact) mass is 256 g/mol. The van der Waals surface area contributed by atoms with Gasteiger partial charge in [-0.2, -0.15) is 0 Å². The summed E-state index contributed by atoms with van der Waals surface area (Å²) in [4.78, 5) is 13.6. The Kier molecular flexibility index (Phi) is 2.96. The second-order valence-corrected chi connectivity index (χ2v) is 5.90. The van der Waals surface area contributed by atoms with Gasteiger partial charge in [0.25, 0.3) is 0 Å². The van der Waals surface area contributed by atoms with Gasteiger partial charge in [0.15, 0.2) is 0 Å². The second kappa shape index (κ2) is 4.08. The molecular formula is C11H9ClOS2. The summed E-state index contributed by atoms with van der Waals surface area (Å²) in [6, 6.07) is 3.81. The van der Waals surface area contributed by atoms with Gasteiger partial charge < -0.3 is 0 Å². The Balaban J connectivity index is 2.41. The van der Waals surface area contributed by atoms with Crippen molar-refractivity contribution in [1.29, 1.82) is 0 Å². The molecule has 1 nitrogen and oxygen atoms in total. The molecule has 15 heavy (non-hydrogen) atoms. The lowest BCUT2D eigenvalue weighted by atomic mass is 10.2. The summed E-state index contributed by atoms with van der Waals surface area (Å²) in [5, 5.41) is 1.94. The largest absolute Gasteiger partial charge is 0.287 e. The van der Waals surface area contributed by atoms with Crippen LogP contribution in [0, 0.1) is 13.8 Å². The van der Waals surface area contributed by atoms with Gasteiger partial charge in [0.05, 0.1) is 14.1 Å². The number of carbonyl (C=O) groups excluding carboxylic acids is 1. The zero-order valence-electron chi connectivity index (χ0n) is 8.33. The van der Waals surface area contributed by atoms with Crippen molar-refractivity contribution in [3.8, 4) is 0 Å². The molecule has 4 heteroatoms. The molecule has 0 atom stereocenters. The van der Waals surface area contributed by atoms with E-state index in [1.165, 1.54) is 22.7 Å². The van der Waals surface area contributed by atoms with Gasteiger partial charge in [-0.25, -0.2) is 0 Å². The van der Waals surface area contributed by atoms with Crippen molar-refractivity contribution in [2.45, 2.75) is 13.8 Å². The summed E-state index contributed by atoms with van der Waals surface area (Å²) in [6.07, 6.45) is 0. The lowest BCUT2D eigenvalue weighted by Crippen LogP contribution is -1.96. The third-order valence-corrected chi connectivity index (χ3v) is 4.72. The maximum atomic E-state index is 12.1. The number of aryl methyl sites for hydroxylation is 2. The summed E-state index contributed by atoms with van der Waals surface area (Å²) >= 11 is 8.78. The number of rotatable bonds is 2. The van der Waals surface area contributed by atoms with Gasteiger partial charge in [0.1, 0.15) is 0 Å². The molecule has 0 saturated heterocycles. The van der Waals surface area contributed by atoms with Gasteiger partial charge in [-0.05, 0) is 42.5 Å². The van der Waals surface area contributed by atoms with Gasteiger partial charge in [-0.1, -0.05) is 11.6 Å². The molecule has 0 bridgehead atoms. The van der Waals surface area contributed by atoms with Crippen molar-refractivity contribution in [3.63, 3.8) is 0 Å². The topological polar surface area (TPSA) is 17.1 Å². The van der Waals surface area contributed by atoms with Crippen molar-refractivity contribution >= 4 is 40.1 Å². The van der Waals surface area contributed by atoms with Gasteiger partial charge >= 0.3 is 0 Å². The van der Waals surface area contributed by atoms with E-state index in [0.29, 0.717) is 4.34 Å². The highest BCUT2D eigenvalue weighted by Gasteiger charge is 2.16. The predicted molar refractivity (Wildman–Crippen MR) is 66.6 cm³/mol. The lowest BCUT2D eigenvalue weighted by molar-refractivity contribution is 0.104. The minimum Gasteiger partial charge on any atom is -0.287 e. The van der Waals surface area contributed by atoms with Crippen LogP contribution in [0.4, 0.5) is 0 Å². The Labute approximate surface area is 101 Å². The highest BCUT2D eigenvalue weighted by Crippen LogP contribution is 2.30. The van der Waals surface area contributed by atoms with Crippen LogP contribution in [0.5, 0.6) is 0 Å². The molecule has 0 fully saturated rings. The maximum absolute atomic E-state index is 12.1. The first-order valence-electron chi connectivity index (χ1n) is 4.44. The average Bonchev–Trinajstić information content (AvgIpc) is 2.74. The molecule has 78 valence electrons. The van der Waals surface area contributed by atoms with Crippen LogP contribution in [0.1, 0.15) is 25.7 Å². The van der Waals surface area contributed by atoms with Crippen LogP contribution in [-0.4, -0.2) is 5.78 Å². The van der Waals surface area contributed by atoms with Crippen LogP contribution in [-0.2, 0) is 0 Å². The van der Waals surface area contributed by atoms with E-state index in [-0.39, 0.29) is 5.78 Å². The molecule has 0 aliphatic heterocycles. The van der Waals surface area contributed by atoms with E-state index in [2.05, 4.69) is 0 Å². The van der Waals surface area contributed by atoms with E-state index in [0.717, 1.165) is 20.9 Å². The molecule has 2 rings (SSSR count). The van der Waals surface area contributed by atoms with E-state index in [9.17, 15) is 4.79 Å². The Hall–Kier alpha value is -0.640. The molecule has 0 N–H and O–H groups in total. The van der Waals surface area contributed by atoms with E-state index in [1.54, 1.807) is 0 Å². The third kappa shape index (κ3) is 2.00. The van der Waals surface area contributed by atoms with Crippen molar-refractivity contribution in [2.24, 2.45) is 0 Å². The van der Waals surface area contributed by atoms with Gasteiger partial charge in [-0.3, -0.25) is 4.79 Å². The molecule has 0 radical (unpaired) electrons. The Morgan fingerprint density at radius 1 is 1.33 bits per heavy atom. The number of hydrogen-bond acceptors (Lipinski definition) is 3. The minimum atomic E-state index is 0.0856. The van der Waals surface area contributed by atoms with E-state index in [1.807, 2.05) is 31.4 Å². The summed E-state index contributed by atoms with van der Waals surface area (Å²) < 4.78 is 0.701. The number of carbonyl (C=O) groups is 1. The van der Waals surface area contributed by atoms with Gasteiger partial charge in [-0.15, -0.1) is 22.7 Å². The molecule has 0 aromatic carbocycles. The van der Waals surface area contributed by atoms with Crippen LogP contribution < -0.4 is 0 Å². The summed E-state index contributed by atoms with van der Waals surface area (Å²) in [7, 11) is 0. The van der Waals surface area contributed by atoms with E-state index < -0.39 is 0 Å².